The van der Waals surface area contributed by atoms with Crippen molar-refractivity contribution in [2.45, 2.75) is 24.9 Å². The minimum absolute atomic E-state index is 0.0970. The summed E-state index contributed by atoms with van der Waals surface area (Å²) < 4.78 is 7.55. The van der Waals surface area contributed by atoms with Gasteiger partial charge in [0.05, 0.1) is 12.7 Å². The van der Waals surface area contributed by atoms with Gasteiger partial charge in [-0.15, -0.1) is 0 Å². The van der Waals surface area contributed by atoms with Crippen LogP contribution < -0.4 is 5.73 Å². The quantitative estimate of drug-likeness (QED) is 0.593. The van der Waals surface area contributed by atoms with Gasteiger partial charge in [0.25, 0.3) is 0 Å². The molecule has 1 fully saturated rings. The van der Waals surface area contributed by atoms with Crippen LogP contribution in [0.3, 0.4) is 0 Å². The van der Waals surface area contributed by atoms with Gasteiger partial charge in [-0.3, -0.25) is 4.57 Å². The first kappa shape index (κ1) is 11.1. The number of nitrogens with two attached hydrogens (primary N) is 1. The predicted molar refractivity (Wildman–Crippen MR) is 63.9 cm³/mol. The molecule has 2 aliphatic heterocycles. The van der Waals surface area contributed by atoms with Gasteiger partial charge in [-0.05, 0) is 0 Å². The summed E-state index contributed by atoms with van der Waals surface area (Å²) in [5.74, 6) is 1.02. The van der Waals surface area contributed by atoms with Crippen LogP contribution in [0.15, 0.2) is 6.33 Å². The SMILES string of the molecule is Nc1ncnc2c1nc1n2[C@@H]2O[C@H](CO)[C@@H](O)[C@H]2C1. The van der Waals surface area contributed by atoms with Gasteiger partial charge < -0.3 is 20.7 Å². The number of nitrogens with zero attached hydrogens (tertiary/aromatic N) is 4. The molecule has 0 unspecified atom stereocenters. The topological polar surface area (TPSA) is 119 Å². The Morgan fingerprint density at radius 3 is 3.11 bits per heavy atom. The Bertz CT molecular complexity index is 657. The lowest BCUT2D eigenvalue weighted by molar-refractivity contribution is -0.0430. The van der Waals surface area contributed by atoms with Crippen molar-refractivity contribution >= 4 is 17.0 Å². The summed E-state index contributed by atoms with van der Waals surface area (Å²) in [6.45, 7) is -0.201. The summed E-state index contributed by atoms with van der Waals surface area (Å²) in [7, 11) is 0. The minimum atomic E-state index is -0.689. The molecule has 8 nitrogen and oxygen atoms in total. The average Bonchev–Trinajstić information content (AvgIpc) is 3.00. The van der Waals surface area contributed by atoms with E-state index < -0.39 is 12.2 Å². The molecule has 0 bridgehead atoms. The highest BCUT2D eigenvalue weighted by molar-refractivity contribution is 5.82. The van der Waals surface area contributed by atoms with Gasteiger partial charge in [-0.1, -0.05) is 0 Å². The Balaban J connectivity index is 1.86. The van der Waals surface area contributed by atoms with Crippen molar-refractivity contribution in [2.24, 2.45) is 5.92 Å². The van der Waals surface area contributed by atoms with Crippen LogP contribution in [0, 0.1) is 5.92 Å². The van der Waals surface area contributed by atoms with E-state index in [9.17, 15) is 10.2 Å². The first-order valence-corrected chi connectivity index (χ1v) is 6.12. The molecular weight excluding hydrogens is 250 g/mol. The van der Waals surface area contributed by atoms with Crippen molar-refractivity contribution in [1.82, 2.24) is 19.5 Å². The number of ether oxygens (including phenoxy) is 1. The first-order chi connectivity index (χ1) is 9.20. The molecule has 0 spiro atoms. The summed E-state index contributed by atoms with van der Waals surface area (Å²) in [6, 6.07) is 0. The molecule has 4 atom stereocenters. The lowest BCUT2D eigenvalue weighted by Crippen LogP contribution is -2.29. The maximum absolute atomic E-state index is 10.1. The van der Waals surface area contributed by atoms with Gasteiger partial charge in [-0.2, -0.15) is 0 Å². The lowest BCUT2D eigenvalue weighted by atomic mass is 9.99. The van der Waals surface area contributed by atoms with E-state index in [2.05, 4.69) is 15.0 Å². The number of hydrogen-bond acceptors (Lipinski definition) is 7. The molecule has 0 saturated carbocycles. The first-order valence-electron chi connectivity index (χ1n) is 6.12. The second kappa shape index (κ2) is 3.62. The van der Waals surface area contributed by atoms with Crippen LogP contribution in [0.2, 0.25) is 0 Å². The van der Waals surface area contributed by atoms with Gasteiger partial charge in [0.15, 0.2) is 17.0 Å². The third-order valence-electron chi connectivity index (χ3n) is 3.93. The summed E-state index contributed by atoms with van der Waals surface area (Å²) in [5, 5.41) is 19.3. The fourth-order valence-electron chi connectivity index (χ4n) is 3.02. The molecule has 4 rings (SSSR count). The van der Waals surface area contributed by atoms with Gasteiger partial charge in [0.1, 0.15) is 24.5 Å². The molecule has 19 heavy (non-hydrogen) atoms. The number of fused-ring (bicyclic) bond motifs is 5. The van der Waals surface area contributed by atoms with Crippen LogP contribution in [0.25, 0.3) is 11.2 Å². The van der Waals surface area contributed by atoms with Gasteiger partial charge in [0.2, 0.25) is 0 Å². The molecule has 4 N–H and O–H groups in total. The summed E-state index contributed by atoms with van der Waals surface area (Å²) in [5.41, 5.74) is 6.95. The normalized spacial score (nSPS) is 32.7. The minimum Gasteiger partial charge on any atom is -0.394 e. The van der Waals surface area contributed by atoms with E-state index in [0.717, 1.165) is 5.82 Å². The van der Waals surface area contributed by atoms with E-state index >= 15 is 0 Å². The monoisotopic (exact) mass is 263 g/mol. The smallest absolute Gasteiger partial charge is 0.167 e. The zero-order valence-corrected chi connectivity index (χ0v) is 9.97. The Kier molecular flexibility index (Phi) is 2.12. The fraction of sp³-hybridized carbons (Fsp3) is 0.545. The van der Waals surface area contributed by atoms with Crippen molar-refractivity contribution in [1.29, 1.82) is 0 Å². The number of nitrogen functional groups attached to an aromatic ring is 1. The molecule has 0 amide bonds. The fourth-order valence-corrected chi connectivity index (χ4v) is 3.02. The molecule has 100 valence electrons. The Morgan fingerprint density at radius 1 is 1.47 bits per heavy atom. The maximum Gasteiger partial charge on any atom is 0.167 e. The Labute approximate surface area is 107 Å². The van der Waals surface area contributed by atoms with Crippen LogP contribution in [0.5, 0.6) is 0 Å². The van der Waals surface area contributed by atoms with Gasteiger partial charge in [0, 0.05) is 12.3 Å². The van der Waals surface area contributed by atoms with E-state index in [4.69, 9.17) is 10.5 Å². The number of hydrogen-bond donors (Lipinski definition) is 3. The molecule has 0 aromatic carbocycles. The van der Waals surface area contributed by atoms with E-state index in [-0.39, 0.29) is 18.8 Å². The number of rotatable bonds is 1. The maximum atomic E-state index is 10.1. The highest BCUT2D eigenvalue weighted by Gasteiger charge is 2.50. The molecule has 0 aliphatic carbocycles. The van der Waals surface area contributed by atoms with Gasteiger partial charge in [-0.25, -0.2) is 15.0 Å². The Morgan fingerprint density at radius 2 is 2.32 bits per heavy atom. The van der Waals surface area contributed by atoms with Crippen molar-refractivity contribution in [3.63, 3.8) is 0 Å². The zero-order valence-electron chi connectivity index (χ0n) is 9.97. The van der Waals surface area contributed by atoms with Crippen LogP contribution in [-0.2, 0) is 11.2 Å². The third-order valence-corrected chi connectivity index (χ3v) is 3.93. The molecule has 2 aliphatic rings. The van der Waals surface area contributed by atoms with Crippen LogP contribution in [0.4, 0.5) is 5.82 Å². The van der Waals surface area contributed by atoms with E-state index in [1.165, 1.54) is 6.33 Å². The van der Waals surface area contributed by atoms with E-state index in [0.29, 0.717) is 23.4 Å². The van der Waals surface area contributed by atoms with Crippen molar-refractivity contribution in [3.8, 4) is 0 Å². The highest BCUT2D eigenvalue weighted by Crippen LogP contribution is 2.44. The standard InChI is InChI=1S/C11H13N5O3/c12-9-7-10(14-3-13-9)16-6(15-7)1-4-8(18)5(2-17)19-11(4)16/h3-5,8,11,17-18H,1-2H2,(H2,12,13,14)/t4-,5-,8+,11-/m1/s1. The predicted octanol–water partition coefficient (Wildman–Crippen LogP) is -1.17. The van der Waals surface area contributed by atoms with Crippen molar-refractivity contribution in [3.05, 3.63) is 12.2 Å². The molecule has 4 heterocycles. The molecule has 0 radical (unpaired) electrons. The zero-order chi connectivity index (χ0) is 13.1. The summed E-state index contributed by atoms with van der Waals surface area (Å²) in [6.07, 6.45) is 0.375. The molecule has 2 aromatic rings. The van der Waals surface area contributed by atoms with E-state index in [1.807, 2.05) is 4.57 Å². The van der Waals surface area contributed by atoms with Crippen molar-refractivity contribution < 1.29 is 14.9 Å². The number of anilines is 1. The lowest BCUT2D eigenvalue weighted by Gasteiger charge is -2.13. The number of imidazole rings is 1. The number of aliphatic hydroxyl groups is 2. The van der Waals surface area contributed by atoms with Crippen molar-refractivity contribution in [2.75, 3.05) is 12.3 Å². The number of aromatic nitrogens is 4. The Hall–Kier alpha value is -1.77. The second-order valence-electron chi connectivity index (χ2n) is 4.94. The van der Waals surface area contributed by atoms with Crippen LogP contribution in [-0.4, -0.2) is 48.5 Å². The summed E-state index contributed by atoms with van der Waals surface area (Å²) >= 11 is 0. The van der Waals surface area contributed by atoms with Gasteiger partial charge >= 0.3 is 0 Å². The number of aliphatic hydroxyl groups excluding tert-OH is 2. The molecule has 8 heteroatoms. The molecule has 2 aromatic heterocycles. The average molecular weight is 263 g/mol. The van der Waals surface area contributed by atoms with Crippen LogP contribution >= 0.6 is 0 Å². The largest absolute Gasteiger partial charge is 0.394 e. The molecular formula is C11H13N5O3. The van der Waals surface area contributed by atoms with E-state index in [1.54, 1.807) is 0 Å². The second-order valence-corrected chi connectivity index (χ2v) is 4.94. The molecule has 1 saturated heterocycles. The van der Waals surface area contributed by atoms with Crippen LogP contribution in [0.1, 0.15) is 12.1 Å². The third kappa shape index (κ3) is 1.30. The highest BCUT2D eigenvalue weighted by atomic mass is 16.5. The summed E-state index contributed by atoms with van der Waals surface area (Å²) in [4.78, 5) is 12.5.